The van der Waals surface area contributed by atoms with E-state index >= 15 is 0 Å². The summed E-state index contributed by atoms with van der Waals surface area (Å²) in [6.07, 6.45) is 1.81. The first-order valence-corrected chi connectivity index (χ1v) is 13.7. The molecular formula is C32H34N4O5. The molecule has 2 aliphatic rings. The predicted octanol–water partition coefficient (Wildman–Crippen LogP) is 4.47. The molecule has 0 radical (unpaired) electrons. The monoisotopic (exact) mass is 554 g/mol. The number of benzene rings is 3. The lowest BCUT2D eigenvalue weighted by Gasteiger charge is -2.32. The van der Waals surface area contributed by atoms with Gasteiger partial charge in [0.25, 0.3) is 11.8 Å². The Morgan fingerprint density at radius 3 is 2.39 bits per heavy atom. The van der Waals surface area contributed by atoms with Crippen molar-refractivity contribution >= 4 is 40.4 Å². The van der Waals surface area contributed by atoms with Gasteiger partial charge in [-0.25, -0.2) is 4.79 Å². The van der Waals surface area contributed by atoms with Gasteiger partial charge in [-0.2, -0.15) is 0 Å². The van der Waals surface area contributed by atoms with Crippen LogP contribution in [0.15, 0.2) is 66.7 Å². The third kappa shape index (κ3) is 6.32. The molecule has 2 heterocycles. The molecule has 4 N–H and O–H groups in total. The number of methoxy groups -OCH3 is 1. The molecule has 0 aromatic heterocycles. The van der Waals surface area contributed by atoms with Gasteiger partial charge in [-0.1, -0.05) is 30.3 Å². The van der Waals surface area contributed by atoms with Gasteiger partial charge >= 0.3 is 5.97 Å². The number of likely N-dealkylation sites (tertiary alicyclic amines) is 1. The van der Waals surface area contributed by atoms with Gasteiger partial charge in [-0.15, -0.1) is 0 Å². The summed E-state index contributed by atoms with van der Waals surface area (Å²) in [6, 6.07) is 20.0. The second-order valence-corrected chi connectivity index (χ2v) is 10.4. The van der Waals surface area contributed by atoms with Crippen LogP contribution >= 0.6 is 0 Å². The van der Waals surface area contributed by atoms with Gasteiger partial charge in [0.05, 0.1) is 29.1 Å². The molecule has 1 saturated heterocycles. The van der Waals surface area contributed by atoms with Crippen molar-refractivity contribution in [3.05, 3.63) is 94.5 Å². The van der Waals surface area contributed by atoms with E-state index in [1.54, 1.807) is 32.2 Å². The first kappa shape index (κ1) is 28.1. The van der Waals surface area contributed by atoms with Crippen molar-refractivity contribution in [3.8, 4) is 0 Å². The summed E-state index contributed by atoms with van der Waals surface area (Å²) in [6.45, 7) is 5.20. The Labute approximate surface area is 239 Å². The quantitative estimate of drug-likeness (QED) is 0.288. The van der Waals surface area contributed by atoms with Crippen LogP contribution < -0.4 is 16.0 Å². The third-order valence-electron chi connectivity index (χ3n) is 7.60. The molecule has 41 heavy (non-hydrogen) atoms. The first-order chi connectivity index (χ1) is 19.8. The number of rotatable bonds is 9. The van der Waals surface area contributed by atoms with E-state index in [-0.39, 0.29) is 23.4 Å². The van der Waals surface area contributed by atoms with Crippen molar-refractivity contribution in [3.63, 3.8) is 0 Å². The number of amides is 2. The topological polar surface area (TPSA) is 120 Å². The summed E-state index contributed by atoms with van der Waals surface area (Å²) in [4.78, 5) is 40.2. The van der Waals surface area contributed by atoms with Gasteiger partial charge in [0.2, 0.25) is 0 Å². The van der Waals surface area contributed by atoms with Crippen LogP contribution in [-0.4, -0.2) is 67.2 Å². The van der Waals surface area contributed by atoms with Crippen LogP contribution in [-0.2, 0) is 9.53 Å². The lowest BCUT2D eigenvalue weighted by atomic mass is 9.96. The fourth-order valence-electron chi connectivity index (χ4n) is 5.33. The zero-order chi connectivity index (χ0) is 28.9. The minimum atomic E-state index is -1.05. The van der Waals surface area contributed by atoms with Crippen LogP contribution in [0, 0.1) is 6.92 Å². The Hall–Kier alpha value is -4.47. The fraction of sp³-hybridized carbons (Fsp3) is 0.281. The van der Waals surface area contributed by atoms with E-state index in [2.05, 4.69) is 20.9 Å². The van der Waals surface area contributed by atoms with Crippen LogP contribution in [0.1, 0.15) is 50.2 Å². The smallest absolute Gasteiger partial charge is 0.336 e. The number of nitrogens with one attached hydrogen (secondary N) is 3. The van der Waals surface area contributed by atoms with E-state index in [0.29, 0.717) is 45.9 Å². The lowest BCUT2D eigenvalue weighted by Crippen LogP contribution is -2.45. The van der Waals surface area contributed by atoms with Gasteiger partial charge in [0.15, 0.2) is 0 Å². The number of fused-ring (bicyclic) bond motifs is 1. The molecule has 0 spiro atoms. The number of anilines is 2. The molecule has 0 aliphatic carbocycles. The summed E-state index contributed by atoms with van der Waals surface area (Å²) >= 11 is 0. The van der Waals surface area contributed by atoms with Gasteiger partial charge in [0, 0.05) is 49.6 Å². The predicted molar refractivity (Wildman–Crippen MR) is 159 cm³/mol. The van der Waals surface area contributed by atoms with Crippen molar-refractivity contribution in [1.29, 1.82) is 0 Å². The number of hydrogen-bond donors (Lipinski definition) is 4. The summed E-state index contributed by atoms with van der Waals surface area (Å²) in [5.41, 5.74) is 4.87. The highest BCUT2D eigenvalue weighted by Gasteiger charge is 2.30. The molecule has 2 amide bonds. The molecule has 0 saturated carbocycles. The Balaban J connectivity index is 1.36. The highest BCUT2D eigenvalue weighted by Crippen LogP contribution is 2.39. The minimum absolute atomic E-state index is 0.109. The summed E-state index contributed by atoms with van der Waals surface area (Å²) < 4.78 is 5.16. The van der Waals surface area contributed by atoms with E-state index in [0.717, 1.165) is 38.0 Å². The molecule has 0 bridgehead atoms. The fourth-order valence-corrected chi connectivity index (χ4v) is 5.33. The normalized spacial score (nSPS) is 16.6. The Kier molecular flexibility index (Phi) is 8.47. The molecule has 9 heteroatoms. The highest BCUT2D eigenvalue weighted by atomic mass is 16.5. The summed E-state index contributed by atoms with van der Waals surface area (Å²) in [7, 11) is 1.71. The van der Waals surface area contributed by atoms with E-state index in [4.69, 9.17) is 4.74 Å². The van der Waals surface area contributed by atoms with Crippen LogP contribution in [0.5, 0.6) is 0 Å². The van der Waals surface area contributed by atoms with Crippen LogP contribution in [0.3, 0.4) is 0 Å². The second-order valence-electron chi connectivity index (χ2n) is 10.4. The molecule has 3 aromatic carbocycles. The maximum absolute atomic E-state index is 13.2. The van der Waals surface area contributed by atoms with Gasteiger partial charge < -0.3 is 30.7 Å². The number of carbonyl (C=O) groups is 3. The number of ether oxygens (including phenoxy) is 1. The average Bonchev–Trinajstić information content (AvgIpc) is 3.29. The van der Waals surface area contributed by atoms with Gasteiger partial charge in [0.1, 0.15) is 0 Å². The van der Waals surface area contributed by atoms with Crippen molar-refractivity contribution in [2.24, 2.45) is 0 Å². The molecule has 1 fully saturated rings. The molecule has 5 rings (SSSR count). The number of aromatic carboxylic acids is 1. The number of carboxylic acids is 1. The second kappa shape index (κ2) is 12.4. The number of nitrogens with zero attached hydrogens (tertiary/aromatic N) is 1. The number of carbonyl (C=O) groups excluding carboxylic acids is 2. The first-order valence-electron chi connectivity index (χ1n) is 13.7. The van der Waals surface area contributed by atoms with Crippen molar-refractivity contribution < 1.29 is 24.2 Å². The number of piperidine rings is 1. The average molecular weight is 555 g/mol. The minimum Gasteiger partial charge on any atom is -0.478 e. The summed E-state index contributed by atoms with van der Waals surface area (Å²) in [5.74, 6) is -1.48. The third-order valence-corrected chi connectivity index (χ3v) is 7.60. The van der Waals surface area contributed by atoms with Gasteiger partial charge in [-0.05, 0) is 67.3 Å². The van der Waals surface area contributed by atoms with E-state index in [1.807, 2.05) is 42.5 Å². The zero-order valence-corrected chi connectivity index (χ0v) is 23.2. The summed E-state index contributed by atoms with van der Waals surface area (Å²) in [5, 5.41) is 18.9. The molecule has 212 valence electrons. The Morgan fingerprint density at radius 2 is 1.73 bits per heavy atom. The van der Waals surface area contributed by atoms with Crippen molar-refractivity contribution in [2.75, 3.05) is 44.0 Å². The van der Waals surface area contributed by atoms with E-state index < -0.39 is 5.97 Å². The molecule has 9 nitrogen and oxygen atoms in total. The zero-order valence-electron chi connectivity index (χ0n) is 23.2. The SMILES string of the molecule is COCCN1CCC(NC(=O)c2ccc(N/C(=C3/C(=O)Nc4cc(C(=O)O)c(C)cc43)c3ccccc3)cc2)CC1. The van der Waals surface area contributed by atoms with Crippen molar-refractivity contribution in [2.45, 2.75) is 25.8 Å². The maximum atomic E-state index is 13.2. The van der Waals surface area contributed by atoms with E-state index in [9.17, 15) is 19.5 Å². The van der Waals surface area contributed by atoms with Crippen LogP contribution in [0.4, 0.5) is 11.4 Å². The van der Waals surface area contributed by atoms with E-state index in [1.165, 1.54) is 6.07 Å². The standard InChI is InChI=1S/C32H34N4O5/c1-20-18-26-27(19-25(20)32(39)40)35-31(38)28(26)29(21-6-4-3-5-7-21)33-23-10-8-22(9-11-23)30(37)34-24-12-14-36(15-13-24)16-17-41-2/h3-11,18-19,24,33H,12-17H2,1-2H3,(H,34,37)(H,35,38)(H,39,40)/b29-28+. The number of hydrogen-bond acceptors (Lipinski definition) is 6. The Morgan fingerprint density at radius 1 is 1.02 bits per heavy atom. The molecule has 2 aliphatic heterocycles. The molecule has 3 aromatic rings. The molecular weight excluding hydrogens is 520 g/mol. The van der Waals surface area contributed by atoms with Crippen LogP contribution in [0.25, 0.3) is 11.3 Å². The van der Waals surface area contributed by atoms with Crippen molar-refractivity contribution in [1.82, 2.24) is 10.2 Å². The number of carboxylic acid groups (broad SMARTS) is 1. The molecule has 0 unspecified atom stereocenters. The molecule has 0 atom stereocenters. The van der Waals surface area contributed by atoms with Gasteiger partial charge in [-0.3, -0.25) is 9.59 Å². The maximum Gasteiger partial charge on any atom is 0.336 e. The largest absolute Gasteiger partial charge is 0.478 e. The Bertz CT molecular complexity index is 1480. The van der Waals surface area contributed by atoms with Crippen LogP contribution in [0.2, 0.25) is 0 Å². The lowest BCUT2D eigenvalue weighted by molar-refractivity contribution is -0.110. The number of aryl methyl sites for hydroxylation is 1. The highest BCUT2D eigenvalue weighted by molar-refractivity contribution is 6.37.